The molecule has 0 saturated heterocycles. The van der Waals surface area contributed by atoms with Gasteiger partial charge in [-0.1, -0.05) is 6.92 Å². The molecule has 1 aromatic rings. The molecule has 1 heterocycles. The lowest BCUT2D eigenvalue weighted by Gasteiger charge is -2.11. The molecule has 5 nitrogen and oxygen atoms in total. The Hall–Kier alpha value is -1.56. The van der Waals surface area contributed by atoms with Crippen molar-refractivity contribution in [3.8, 4) is 0 Å². The zero-order chi connectivity index (χ0) is 12.8. The molecule has 0 bridgehead atoms. The van der Waals surface area contributed by atoms with Crippen molar-refractivity contribution in [1.29, 1.82) is 0 Å². The molecule has 0 saturated carbocycles. The molecule has 0 aromatic carbocycles. The molecule has 1 rings (SSSR count). The van der Waals surface area contributed by atoms with Gasteiger partial charge in [-0.2, -0.15) is 0 Å². The van der Waals surface area contributed by atoms with E-state index in [1.165, 1.54) is 11.3 Å². The summed E-state index contributed by atoms with van der Waals surface area (Å²) in [6, 6.07) is 1.70. The average molecular weight is 256 g/mol. The number of carbonyl (C=O) groups excluding carboxylic acids is 2. The van der Waals surface area contributed by atoms with Crippen LogP contribution in [0, 0.1) is 0 Å². The van der Waals surface area contributed by atoms with Crippen LogP contribution in [0.25, 0.3) is 0 Å². The molecule has 3 N–H and O–H groups in total. The summed E-state index contributed by atoms with van der Waals surface area (Å²) in [5, 5.41) is 4.40. The van der Waals surface area contributed by atoms with Crippen molar-refractivity contribution in [2.75, 3.05) is 12.3 Å². The SMILES string of the molecule is CCC(C)NC(=O)COC(=O)c1sccc1N. The zero-order valence-corrected chi connectivity index (χ0v) is 10.7. The molecule has 0 spiro atoms. The molecule has 1 unspecified atom stereocenters. The van der Waals surface area contributed by atoms with Gasteiger partial charge in [0.15, 0.2) is 6.61 Å². The number of nitrogens with one attached hydrogen (secondary N) is 1. The third-order valence-electron chi connectivity index (χ3n) is 2.24. The summed E-state index contributed by atoms with van der Waals surface area (Å²) in [7, 11) is 0. The molecule has 17 heavy (non-hydrogen) atoms. The van der Waals surface area contributed by atoms with E-state index in [1.54, 1.807) is 11.4 Å². The molecule has 0 aliphatic rings. The predicted molar refractivity (Wildman–Crippen MR) is 66.9 cm³/mol. The van der Waals surface area contributed by atoms with E-state index in [4.69, 9.17) is 10.5 Å². The van der Waals surface area contributed by atoms with E-state index in [0.29, 0.717) is 10.6 Å². The van der Waals surface area contributed by atoms with Crippen LogP contribution in [0.4, 0.5) is 5.69 Å². The summed E-state index contributed by atoms with van der Waals surface area (Å²) >= 11 is 1.20. The Bertz CT molecular complexity index is 403. The first-order valence-corrected chi connectivity index (χ1v) is 6.22. The third-order valence-corrected chi connectivity index (χ3v) is 3.15. The normalized spacial score (nSPS) is 11.9. The van der Waals surface area contributed by atoms with Crippen molar-refractivity contribution in [3.63, 3.8) is 0 Å². The Morgan fingerprint density at radius 2 is 2.29 bits per heavy atom. The van der Waals surface area contributed by atoms with Crippen LogP contribution < -0.4 is 11.1 Å². The zero-order valence-electron chi connectivity index (χ0n) is 9.86. The number of ether oxygens (including phenoxy) is 1. The largest absolute Gasteiger partial charge is 0.451 e. The molecule has 6 heteroatoms. The van der Waals surface area contributed by atoms with Crippen LogP contribution in [0.3, 0.4) is 0 Å². The second-order valence-corrected chi connectivity index (χ2v) is 4.57. The van der Waals surface area contributed by atoms with Crippen LogP contribution in [0.15, 0.2) is 11.4 Å². The number of amides is 1. The monoisotopic (exact) mass is 256 g/mol. The quantitative estimate of drug-likeness (QED) is 0.780. The van der Waals surface area contributed by atoms with Crippen LogP contribution in [0.2, 0.25) is 0 Å². The highest BCUT2D eigenvalue weighted by Gasteiger charge is 2.14. The minimum absolute atomic E-state index is 0.0769. The third kappa shape index (κ3) is 4.07. The molecular formula is C11H16N2O3S. The molecule has 94 valence electrons. The van der Waals surface area contributed by atoms with Gasteiger partial charge in [0.1, 0.15) is 4.88 Å². The average Bonchev–Trinajstić information content (AvgIpc) is 2.72. The molecule has 0 radical (unpaired) electrons. The lowest BCUT2D eigenvalue weighted by atomic mass is 10.2. The van der Waals surface area contributed by atoms with Gasteiger partial charge in [0.25, 0.3) is 5.91 Å². The fraction of sp³-hybridized carbons (Fsp3) is 0.455. The molecular weight excluding hydrogens is 240 g/mol. The Labute approximate surface area is 104 Å². The maximum absolute atomic E-state index is 11.5. The van der Waals surface area contributed by atoms with Crippen LogP contribution in [0.1, 0.15) is 29.9 Å². The second-order valence-electron chi connectivity index (χ2n) is 3.66. The minimum atomic E-state index is -0.559. The van der Waals surface area contributed by atoms with Gasteiger partial charge in [-0.15, -0.1) is 11.3 Å². The lowest BCUT2D eigenvalue weighted by molar-refractivity contribution is -0.124. The molecule has 1 atom stereocenters. The highest BCUT2D eigenvalue weighted by molar-refractivity contribution is 7.12. The molecule has 1 aromatic heterocycles. The maximum atomic E-state index is 11.5. The van der Waals surface area contributed by atoms with Gasteiger partial charge in [0.05, 0.1) is 5.69 Å². The van der Waals surface area contributed by atoms with Crippen LogP contribution in [-0.4, -0.2) is 24.5 Å². The Balaban J connectivity index is 2.39. The summed E-state index contributed by atoms with van der Waals surface area (Å²) in [5.74, 6) is -0.861. The highest BCUT2D eigenvalue weighted by atomic mass is 32.1. The number of hydrogen-bond donors (Lipinski definition) is 2. The van der Waals surface area contributed by atoms with Crippen LogP contribution in [-0.2, 0) is 9.53 Å². The van der Waals surface area contributed by atoms with Crippen molar-refractivity contribution in [2.24, 2.45) is 0 Å². The standard InChI is InChI=1S/C11H16N2O3S/c1-3-7(2)13-9(14)6-16-11(15)10-8(12)4-5-17-10/h4-5,7H,3,6,12H2,1-2H3,(H,13,14). The van der Waals surface area contributed by atoms with Crippen molar-refractivity contribution >= 4 is 28.9 Å². The summed E-state index contributed by atoms with van der Waals surface area (Å²) in [5.41, 5.74) is 5.94. The number of nitrogen functional groups attached to an aromatic ring is 1. The van der Waals surface area contributed by atoms with E-state index < -0.39 is 5.97 Å². The summed E-state index contributed by atoms with van der Waals surface area (Å²) in [6.07, 6.45) is 0.831. The van der Waals surface area contributed by atoms with Crippen molar-refractivity contribution in [1.82, 2.24) is 5.32 Å². The van der Waals surface area contributed by atoms with Gasteiger partial charge in [-0.05, 0) is 24.8 Å². The molecule has 1 amide bonds. The first-order chi connectivity index (χ1) is 8.04. The van der Waals surface area contributed by atoms with Gasteiger partial charge < -0.3 is 15.8 Å². The van der Waals surface area contributed by atoms with E-state index in [9.17, 15) is 9.59 Å². The number of nitrogens with two attached hydrogens (primary N) is 1. The Kier molecular flexibility index (Phi) is 4.96. The van der Waals surface area contributed by atoms with Crippen molar-refractivity contribution in [3.05, 3.63) is 16.3 Å². The lowest BCUT2D eigenvalue weighted by Crippen LogP contribution is -2.35. The molecule has 0 aliphatic heterocycles. The van der Waals surface area contributed by atoms with Crippen LogP contribution in [0.5, 0.6) is 0 Å². The number of hydrogen-bond acceptors (Lipinski definition) is 5. The van der Waals surface area contributed by atoms with E-state index in [2.05, 4.69) is 5.32 Å². The van der Waals surface area contributed by atoms with Crippen molar-refractivity contribution in [2.45, 2.75) is 26.3 Å². The summed E-state index contributed by atoms with van der Waals surface area (Å²) < 4.78 is 4.85. The van der Waals surface area contributed by atoms with Crippen molar-refractivity contribution < 1.29 is 14.3 Å². The van der Waals surface area contributed by atoms with Gasteiger partial charge in [-0.25, -0.2) is 4.79 Å². The smallest absolute Gasteiger partial charge is 0.350 e. The van der Waals surface area contributed by atoms with Gasteiger partial charge in [-0.3, -0.25) is 4.79 Å². The highest BCUT2D eigenvalue weighted by Crippen LogP contribution is 2.19. The van der Waals surface area contributed by atoms with Gasteiger partial charge >= 0.3 is 5.97 Å². The number of carbonyl (C=O) groups is 2. The minimum Gasteiger partial charge on any atom is -0.451 e. The fourth-order valence-corrected chi connectivity index (χ4v) is 1.81. The van der Waals surface area contributed by atoms with E-state index in [0.717, 1.165) is 6.42 Å². The number of thiophene rings is 1. The molecule has 0 aliphatic carbocycles. The van der Waals surface area contributed by atoms with Gasteiger partial charge in [0, 0.05) is 6.04 Å². The number of anilines is 1. The van der Waals surface area contributed by atoms with E-state index in [-0.39, 0.29) is 18.6 Å². The maximum Gasteiger partial charge on any atom is 0.350 e. The van der Waals surface area contributed by atoms with E-state index in [1.807, 2.05) is 13.8 Å². The first-order valence-electron chi connectivity index (χ1n) is 5.34. The van der Waals surface area contributed by atoms with Gasteiger partial charge in [0.2, 0.25) is 0 Å². The second kappa shape index (κ2) is 6.24. The Morgan fingerprint density at radius 3 is 2.82 bits per heavy atom. The molecule has 0 fully saturated rings. The topological polar surface area (TPSA) is 81.4 Å². The number of rotatable bonds is 5. The summed E-state index contributed by atoms with van der Waals surface area (Å²) in [4.78, 5) is 23.2. The Morgan fingerprint density at radius 1 is 1.59 bits per heavy atom. The fourth-order valence-electron chi connectivity index (χ4n) is 1.10. The van der Waals surface area contributed by atoms with Crippen LogP contribution >= 0.6 is 11.3 Å². The van der Waals surface area contributed by atoms with E-state index >= 15 is 0 Å². The first kappa shape index (κ1) is 13.5. The predicted octanol–water partition coefficient (Wildman–Crippen LogP) is 1.40. The summed E-state index contributed by atoms with van der Waals surface area (Å²) in [6.45, 7) is 3.57. The number of esters is 1.